The Morgan fingerprint density at radius 2 is 0.939 bits per heavy atom. The van der Waals surface area contributed by atoms with Crippen LogP contribution in [0.4, 0.5) is 14.0 Å². The number of nitrogens with zero attached hydrogens (tertiary/aromatic N) is 8. The zero-order chi connectivity index (χ0) is 85.4. The first kappa shape index (κ1) is 93.9. The fourth-order valence-corrected chi connectivity index (χ4v) is 17.8. The molecule has 33 heteroatoms. The number of unbranched alkanes of at least 4 members (excludes halogenated alkanes) is 2. The molecule has 115 heavy (non-hydrogen) atoms. The Morgan fingerprint density at radius 1 is 0.557 bits per heavy atom. The number of carbonyl (C=O) groups excluding carboxylic acids is 10. The predicted molar refractivity (Wildman–Crippen MR) is 416 cm³/mol. The topological polar surface area (TPSA) is 410 Å². The maximum atomic E-state index is 17.0. The molecule has 6 heterocycles. The van der Waals surface area contributed by atoms with Crippen LogP contribution in [0, 0.1) is 41.4 Å². The van der Waals surface area contributed by atoms with Gasteiger partial charge in [0.25, 0.3) is 5.67 Å². The van der Waals surface area contributed by atoms with E-state index in [9.17, 15) is 47.9 Å². The Hall–Kier alpha value is -8.23. The molecule has 0 spiro atoms. The minimum absolute atomic E-state index is 0.0490. The largest absolute Gasteiger partial charge is 0.458 e. The average molecular weight is 1620 g/mol. The third-order valence-electron chi connectivity index (χ3n) is 24.2. The van der Waals surface area contributed by atoms with E-state index in [1.54, 1.807) is 151 Å². The van der Waals surface area contributed by atoms with Gasteiger partial charge in [-0.3, -0.25) is 24.0 Å². The number of alkyl halides is 1. The molecule has 2 N–H and O–H groups in total. The molecule has 32 nitrogen and oxygen atoms in total. The molecule has 2 aromatic rings. The molecular formula is C82H121FN10O22. The van der Waals surface area contributed by atoms with E-state index >= 15 is 4.39 Å². The molecule has 2 amide bonds. The first-order valence-electron chi connectivity index (χ1n) is 40.1. The summed E-state index contributed by atoms with van der Waals surface area (Å²) in [6.07, 6.45) is -8.45. The summed E-state index contributed by atoms with van der Waals surface area (Å²) >= 11 is 0. The van der Waals surface area contributed by atoms with Gasteiger partial charge < -0.3 is 77.3 Å². The number of rotatable bonds is 24. The van der Waals surface area contributed by atoms with E-state index < -0.39 is 197 Å². The number of methoxy groups -OCH3 is 2. The maximum absolute atomic E-state index is 17.0. The van der Waals surface area contributed by atoms with Crippen LogP contribution in [0.5, 0.6) is 0 Å². The SMILES string of the molecule is CC[C@H]1OC(=O)[C@@](C)(F)C(=O)[C@H](C)[C@@H](O[C@@H]2O[C@H](C)C[C@H](NC)[C@H]2OC(=O)c2ccccc2)[C@@](C)(OC)C[C@@H](C)C(=O)[C@H](C)[C@H]2N(CCCCN=[N+]=[N-])C(=O)O[C@]12C.CC[C@H]1OC(=O)[C@H](C)C(=O)[C@H](C)[C@@H](O[C@@H]2O[C@H](C)C[C@H](NC)[C@H]2OC(=O)c2ccccc2)[C@@](C)(OC)C[C@@H](C)C(=O)[C@H](C)[C@H]2N(CCCCN=[N+]=[N-])C(=O)O[C@]12C. The monoisotopic (exact) mass is 1620 g/mol. The van der Waals surface area contributed by atoms with Crippen LogP contribution in [0.3, 0.4) is 0 Å². The third-order valence-corrected chi connectivity index (χ3v) is 24.2. The molecule has 0 radical (unpaired) electrons. The predicted octanol–water partition coefficient (Wildman–Crippen LogP) is 11.7. The van der Waals surface area contributed by atoms with Crippen molar-refractivity contribution in [1.82, 2.24) is 20.4 Å². The van der Waals surface area contributed by atoms with Crippen molar-refractivity contribution in [3.63, 3.8) is 0 Å². The fourth-order valence-electron chi connectivity index (χ4n) is 17.8. The van der Waals surface area contributed by atoms with Crippen molar-refractivity contribution in [3.05, 3.63) is 92.7 Å². The summed E-state index contributed by atoms with van der Waals surface area (Å²) in [7, 11) is 6.29. The molecule has 0 bridgehead atoms. The Balaban J connectivity index is 0.000000318. The molecule has 6 saturated heterocycles. The summed E-state index contributed by atoms with van der Waals surface area (Å²) in [5, 5.41) is 13.5. The minimum atomic E-state index is -3.23. The Kier molecular flexibility index (Phi) is 33.3. The summed E-state index contributed by atoms with van der Waals surface area (Å²) in [6.45, 7) is 26.7. The summed E-state index contributed by atoms with van der Waals surface area (Å²) in [5.41, 5.74) is 8.85. The highest BCUT2D eigenvalue weighted by molar-refractivity contribution is 6.08. The van der Waals surface area contributed by atoms with Crippen LogP contribution in [0.1, 0.15) is 196 Å². The first-order chi connectivity index (χ1) is 54.3. The van der Waals surface area contributed by atoms with Gasteiger partial charge in [0.2, 0.25) is 0 Å². The van der Waals surface area contributed by atoms with Crippen LogP contribution in [0.25, 0.3) is 20.9 Å². The van der Waals surface area contributed by atoms with E-state index in [-0.39, 0.29) is 75.1 Å². The molecule has 6 aliphatic heterocycles. The number of halogens is 1. The number of amides is 2. The zero-order valence-corrected chi connectivity index (χ0v) is 70.2. The highest BCUT2D eigenvalue weighted by Crippen LogP contribution is 2.47. The van der Waals surface area contributed by atoms with E-state index in [1.165, 1.54) is 37.9 Å². The van der Waals surface area contributed by atoms with Crippen molar-refractivity contribution < 1.29 is 109 Å². The van der Waals surface area contributed by atoms with Gasteiger partial charge in [0.05, 0.1) is 70.9 Å². The van der Waals surface area contributed by atoms with E-state index in [4.69, 9.17) is 67.9 Å². The second-order valence-corrected chi connectivity index (χ2v) is 32.5. The van der Waals surface area contributed by atoms with Gasteiger partial charge in [-0.1, -0.05) is 102 Å². The molecule has 26 atom stereocenters. The number of nitrogens with one attached hydrogen (secondary N) is 2. The number of hydrogen-bond acceptors (Lipinski definition) is 26. The number of benzene rings is 2. The van der Waals surface area contributed by atoms with Crippen LogP contribution in [-0.2, 0) is 85.6 Å². The van der Waals surface area contributed by atoms with E-state index in [0.717, 1.165) is 6.92 Å². The van der Waals surface area contributed by atoms with Crippen molar-refractivity contribution >= 4 is 59.2 Å². The van der Waals surface area contributed by atoms with E-state index in [2.05, 4.69) is 30.7 Å². The van der Waals surface area contributed by atoms with Crippen LogP contribution < -0.4 is 10.6 Å². The molecule has 0 aromatic heterocycles. The number of cyclic esters (lactones) is 2. The van der Waals surface area contributed by atoms with Crippen molar-refractivity contribution in [1.29, 1.82) is 0 Å². The van der Waals surface area contributed by atoms with Crippen molar-refractivity contribution in [3.8, 4) is 0 Å². The van der Waals surface area contributed by atoms with Gasteiger partial charge in [-0.05, 0) is 169 Å². The lowest BCUT2D eigenvalue weighted by atomic mass is 9.73. The number of Topliss-reactive ketones (excluding diaryl/α,β-unsaturated/α-hetero) is 4. The lowest BCUT2D eigenvalue weighted by Crippen LogP contribution is -2.62. The molecule has 0 saturated carbocycles. The molecule has 638 valence electrons. The number of esters is 4. The van der Waals surface area contributed by atoms with Crippen molar-refractivity contribution in [2.45, 2.75) is 289 Å². The quantitative estimate of drug-likeness (QED) is 0.0187. The van der Waals surface area contributed by atoms with E-state index in [0.29, 0.717) is 44.1 Å². The van der Waals surface area contributed by atoms with Gasteiger partial charge in [0, 0.05) is 85.7 Å². The number of ketones is 4. The summed E-state index contributed by atoms with van der Waals surface area (Å²) in [4.78, 5) is 148. The molecular weight excluding hydrogens is 1500 g/mol. The van der Waals surface area contributed by atoms with Crippen molar-refractivity contribution in [2.75, 3.05) is 54.5 Å². The molecule has 2 aromatic carbocycles. The summed E-state index contributed by atoms with van der Waals surface area (Å²) in [5.74, 6) is -12.7. The molecule has 6 aliphatic rings. The number of carbonyl (C=O) groups is 10. The summed E-state index contributed by atoms with van der Waals surface area (Å²) in [6, 6.07) is 14.2. The molecule has 0 aliphatic carbocycles. The van der Waals surface area contributed by atoms with Gasteiger partial charge >= 0.3 is 36.1 Å². The average Bonchev–Trinajstić information content (AvgIpc) is 1.64. The minimum Gasteiger partial charge on any atom is -0.458 e. The van der Waals surface area contributed by atoms with Gasteiger partial charge in [-0.25, -0.2) is 28.4 Å². The van der Waals surface area contributed by atoms with Crippen molar-refractivity contribution in [2.24, 2.45) is 51.7 Å². The highest BCUT2D eigenvalue weighted by atomic mass is 19.1. The molecule has 8 rings (SSSR count). The third kappa shape index (κ3) is 21.2. The molecule has 6 fully saturated rings. The van der Waals surface area contributed by atoms with Gasteiger partial charge in [0.1, 0.15) is 29.7 Å². The number of likely N-dealkylation sites (N-methyl/N-ethyl adjacent to an activating group) is 2. The maximum Gasteiger partial charge on any atom is 0.410 e. The van der Waals surface area contributed by atoms with E-state index in [1.807, 2.05) is 13.8 Å². The Labute approximate surface area is 673 Å². The van der Waals surface area contributed by atoms with Crippen LogP contribution >= 0.6 is 0 Å². The second-order valence-electron chi connectivity index (χ2n) is 32.5. The smallest absolute Gasteiger partial charge is 0.410 e. The van der Waals surface area contributed by atoms with Crippen LogP contribution in [-0.4, -0.2) is 237 Å². The normalized spacial score (nSPS) is 37.1. The number of ether oxygens (including phenoxy) is 12. The van der Waals surface area contributed by atoms with Gasteiger partial charge in [-0.2, -0.15) is 0 Å². The molecule has 0 unspecified atom stereocenters. The second kappa shape index (κ2) is 40.8. The highest BCUT2D eigenvalue weighted by Gasteiger charge is 2.64. The lowest BCUT2D eigenvalue weighted by molar-refractivity contribution is -0.289. The number of hydrogen-bond donors (Lipinski definition) is 2. The van der Waals surface area contributed by atoms with Gasteiger partial charge in [0.15, 0.2) is 47.6 Å². The van der Waals surface area contributed by atoms with Gasteiger partial charge in [-0.15, -0.1) is 0 Å². The summed E-state index contributed by atoms with van der Waals surface area (Å²) < 4.78 is 91.4. The lowest BCUT2D eigenvalue weighted by Gasteiger charge is -2.47. The van der Waals surface area contributed by atoms with Crippen LogP contribution in [0.2, 0.25) is 0 Å². The Bertz CT molecular complexity index is 3820. The number of fused-ring (bicyclic) bond motifs is 2. The zero-order valence-electron chi connectivity index (χ0n) is 70.2. The first-order valence-corrected chi connectivity index (χ1v) is 40.1. The fraction of sp³-hybridized carbons (Fsp3) is 0.732. The number of azide groups is 2. The standard InChI is InChI=1S/C41H60FN5O11.C41H61N5O11/c1-11-29-41(8)32(47(38(52)58-41)20-16-15-19-45-46-43)25(4)30(48)23(2)22-39(6,53-10)34(26(5)33(49)40(7,42)37(51)55-29)57-36-31(28(44-9)21-24(3)54-36)56-35(50)27-17-13-12-14-18-27;1-11-30-41(8)34(46(39(51)57-41)20-16-15-19-44-45-42)25(4)31(47)23(2)22-40(7,52-10)35(26(5)32(48)27(6)36(49)54-30)56-38-33(29(43-9)21-24(3)53-38)55-37(50)28-17-13-12-14-18-28/h12-14,17-18,23-26,28-29,31-32,34,36,44H,11,15-16,19-22H2,1-10H3;12-14,17-18,23-27,29-30,33-35,38,43H,11,15-16,19-22H2,1-10H3/t23-,24-,25+,26+,28+,29-,31-,32-,34-,36+,39+,40+,41-;23-,24-,25+,26+,27-,29+,30-,33-,34-,35-,38+,40+,41-/m11/s1. The van der Waals surface area contributed by atoms with Crippen LogP contribution in [0.15, 0.2) is 70.9 Å². The Morgan fingerprint density at radius 3 is 1.30 bits per heavy atom.